The largest absolute Gasteiger partial charge is 0.450 e. The second kappa shape index (κ2) is 7.69. The van der Waals surface area contributed by atoms with Crippen molar-refractivity contribution in [3.05, 3.63) is 54.1 Å². The molecule has 0 spiro atoms. The average Bonchev–Trinajstić information content (AvgIpc) is 2.99. The van der Waals surface area contributed by atoms with E-state index in [2.05, 4.69) is 10.3 Å². The Morgan fingerprint density at radius 2 is 1.96 bits per heavy atom. The molecule has 1 aromatic heterocycles. The number of hydrogen-bond donors (Lipinski definition) is 2. The Morgan fingerprint density at radius 1 is 1.19 bits per heavy atom. The Labute approximate surface area is 155 Å². The first-order valence-electron chi connectivity index (χ1n) is 8.28. The summed E-state index contributed by atoms with van der Waals surface area (Å²) in [6.45, 7) is 3.35. The zero-order valence-corrected chi connectivity index (χ0v) is 14.9. The molecule has 0 radical (unpaired) electrons. The van der Waals surface area contributed by atoms with Crippen molar-refractivity contribution in [3.8, 4) is 5.75 Å². The number of Topliss-reactive ketones (excluding diaryl/α,β-unsaturated/α-hetero) is 1. The second-order valence-corrected chi connectivity index (χ2v) is 5.60. The van der Waals surface area contributed by atoms with Gasteiger partial charge in [0.25, 0.3) is 0 Å². The number of aromatic nitrogens is 2. The Balaban J connectivity index is 1.96. The van der Waals surface area contributed by atoms with Crippen molar-refractivity contribution in [2.24, 2.45) is 0 Å². The third-order valence-corrected chi connectivity index (χ3v) is 3.71. The van der Waals surface area contributed by atoms with Crippen LogP contribution in [-0.4, -0.2) is 34.1 Å². The van der Waals surface area contributed by atoms with Crippen LogP contribution < -0.4 is 10.1 Å². The molecule has 1 heterocycles. The maximum Gasteiger partial charge on any atom is 0.413 e. The lowest BCUT2D eigenvalue weighted by Gasteiger charge is -2.12. The van der Waals surface area contributed by atoms with Gasteiger partial charge in [0, 0.05) is 5.56 Å². The summed E-state index contributed by atoms with van der Waals surface area (Å²) in [6.07, 6.45) is -0.680. The van der Waals surface area contributed by atoms with E-state index in [9.17, 15) is 9.59 Å². The highest BCUT2D eigenvalue weighted by atomic mass is 16.5. The third-order valence-electron chi connectivity index (χ3n) is 3.71. The van der Waals surface area contributed by atoms with Crippen LogP contribution in [0.3, 0.4) is 0 Å². The van der Waals surface area contributed by atoms with Crippen molar-refractivity contribution in [1.82, 2.24) is 9.55 Å². The molecule has 8 heteroatoms. The Morgan fingerprint density at radius 3 is 2.70 bits per heavy atom. The van der Waals surface area contributed by atoms with E-state index >= 15 is 0 Å². The molecule has 138 valence electrons. The Hall–Kier alpha value is -3.68. The average molecular weight is 366 g/mol. The van der Waals surface area contributed by atoms with Crippen molar-refractivity contribution in [3.63, 3.8) is 0 Å². The van der Waals surface area contributed by atoms with E-state index < -0.39 is 6.09 Å². The highest BCUT2D eigenvalue weighted by molar-refractivity contribution is 5.96. The number of anilines is 1. The van der Waals surface area contributed by atoms with Gasteiger partial charge in [-0.2, -0.15) is 0 Å². The number of ether oxygens (including phenoxy) is 2. The van der Waals surface area contributed by atoms with E-state index in [-0.39, 0.29) is 24.4 Å². The van der Waals surface area contributed by atoms with Crippen LogP contribution in [0.1, 0.15) is 24.2 Å². The molecule has 2 aromatic carbocycles. The van der Waals surface area contributed by atoms with Gasteiger partial charge in [-0.3, -0.25) is 15.5 Å². The molecule has 0 saturated carbocycles. The number of hydrogen-bond acceptors (Lipinski definition) is 6. The van der Waals surface area contributed by atoms with Crippen molar-refractivity contribution in [1.29, 1.82) is 5.41 Å². The number of para-hydroxylation sites is 2. The second-order valence-electron chi connectivity index (χ2n) is 5.60. The van der Waals surface area contributed by atoms with Gasteiger partial charge in [-0.25, -0.2) is 14.3 Å². The fourth-order valence-corrected chi connectivity index (χ4v) is 2.51. The molecule has 0 unspecified atom stereocenters. The van der Waals surface area contributed by atoms with Gasteiger partial charge in [-0.05, 0) is 38.1 Å². The number of fused-ring (bicyclic) bond motifs is 1. The molecule has 0 aliphatic heterocycles. The predicted octanol–water partition coefficient (Wildman–Crippen LogP) is 3.67. The summed E-state index contributed by atoms with van der Waals surface area (Å²) in [4.78, 5) is 27.7. The van der Waals surface area contributed by atoms with Gasteiger partial charge in [0.2, 0.25) is 5.95 Å². The predicted molar refractivity (Wildman–Crippen MR) is 101 cm³/mol. The monoisotopic (exact) mass is 366 g/mol. The van der Waals surface area contributed by atoms with Gasteiger partial charge in [-0.1, -0.05) is 24.3 Å². The number of rotatable bonds is 4. The van der Waals surface area contributed by atoms with Gasteiger partial charge in [0.15, 0.2) is 5.78 Å². The van der Waals surface area contributed by atoms with Crippen molar-refractivity contribution in [2.75, 3.05) is 11.9 Å². The summed E-state index contributed by atoms with van der Waals surface area (Å²) in [5.41, 5.74) is 1.63. The minimum absolute atomic E-state index is 0.0994. The van der Waals surface area contributed by atoms with E-state index in [0.717, 1.165) is 0 Å². The molecule has 0 aliphatic rings. The number of ketones is 1. The van der Waals surface area contributed by atoms with Crippen LogP contribution in [0, 0.1) is 5.41 Å². The molecule has 8 nitrogen and oxygen atoms in total. The molecular weight excluding hydrogens is 348 g/mol. The zero-order valence-electron chi connectivity index (χ0n) is 14.9. The normalized spacial score (nSPS) is 10.4. The zero-order chi connectivity index (χ0) is 19.4. The topological polar surface area (TPSA) is 106 Å². The molecule has 2 N–H and O–H groups in total. The quantitative estimate of drug-likeness (QED) is 0.416. The van der Waals surface area contributed by atoms with Gasteiger partial charge in [-0.15, -0.1) is 0 Å². The number of imidazole rings is 1. The summed E-state index contributed by atoms with van der Waals surface area (Å²) < 4.78 is 11.8. The van der Waals surface area contributed by atoms with Crippen LogP contribution >= 0.6 is 0 Å². The van der Waals surface area contributed by atoms with Crippen molar-refractivity contribution in [2.45, 2.75) is 13.8 Å². The fraction of sp³-hybridized carbons (Fsp3) is 0.158. The maximum absolute atomic E-state index is 11.8. The molecular formula is C19H18N4O4. The minimum atomic E-state index is -0.680. The number of carbonyl (C=O) groups is 2. The van der Waals surface area contributed by atoms with Crippen LogP contribution in [-0.2, 0) is 4.74 Å². The first-order valence-corrected chi connectivity index (χ1v) is 8.28. The summed E-state index contributed by atoms with van der Waals surface area (Å²) in [7, 11) is 0. The molecule has 27 heavy (non-hydrogen) atoms. The molecule has 0 atom stereocenters. The number of nitrogens with one attached hydrogen (secondary N) is 2. The molecule has 3 rings (SSSR count). The number of nitrogens with zero attached hydrogens (tertiary/aromatic N) is 2. The lowest BCUT2D eigenvalue weighted by atomic mass is 10.1. The molecule has 0 aliphatic carbocycles. The highest BCUT2D eigenvalue weighted by Crippen LogP contribution is 2.21. The van der Waals surface area contributed by atoms with Gasteiger partial charge in [0.1, 0.15) is 5.75 Å². The smallest absolute Gasteiger partial charge is 0.413 e. The van der Waals surface area contributed by atoms with E-state index in [4.69, 9.17) is 14.9 Å². The molecule has 0 bridgehead atoms. The standard InChI is InChI=1S/C19H18N4O4/c1-3-26-19(25)22-18-21-15-9-4-5-10-16(15)23(18)17(20)27-14-8-6-7-13(11-14)12(2)24/h4-11,20H,3H2,1-2H3,(H,21,22,25). The van der Waals surface area contributed by atoms with Crippen LogP contribution in [0.2, 0.25) is 0 Å². The number of carbonyl (C=O) groups excluding carboxylic acids is 2. The Bertz CT molecular complexity index is 1030. The molecule has 0 fully saturated rings. The Kier molecular flexibility index (Phi) is 5.16. The van der Waals surface area contributed by atoms with E-state index in [1.54, 1.807) is 55.5 Å². The van der Waals surface area contributed by atoms with Gasteiger partial charge in [0.05, 0.1) is 17.6 Å². The summed E-state index contributed by atoms with van der Waals surface area (Å²) in [5, 5.41) is 10.9. The highest BCUT2D eigenvalue weighted by Gasteiger charge is 2.18. The minimum Gasteiger partial charge on any atom is -0.450 e. The van der Waals surface area contributed by atoms with Crippen LogP contribution in [0.4, 0.5) is 10.7 Å². The lowest BCUT2D eigenvalue weighted by Crippen LogP contribution is -2.23. The van der Waals surface area contributed by atoms with E-state index in [1.165, 1.54) is 11.5 Å². The van der Waals surface area contributed by atoms with E-state index in [0.29, 0.717) is 22.3 Å². The molecule has 1 amide bonds. The lowest BCUT2D eigenvalue weighted by molar-refractivity contribution is 0.101. The van der Waals surface area contributed by atoms with Crippen LogP contribution in [0.5, 0.6) is 5.75 Å². The first kappa shape index (κ1) is 18.1. The van der Waals surface area contributed by atoms with Crippen LogP contribution in [0.15, 0.2) is 48.5 Å². The summed E-state index contributed by atoms with van der Waals surface area (Å²) in [5.74, 6) is 0.319. The number of benzene rings is 2. The SMILES string of the molecule is CCOC(=O)Nc1nc2ccccc2n1C(=N)Oc1cccc(C(C)=O)c1. The van der Waals surface area contributed by atoms with Gasteiger partial charge < -0.3 is 9.47 Å². The van der Waals surface area contributed by atoms with Crippen molar-refractivity contribution < 1.29 is 19.1 Å². The summed E-state index contributed by atoms with van der Waals surface area (Å²) in [6, 6.07) is 13.3. The van der Waals surface area contributed by atoms with Gasteiger partial charge >= 0.3 is 12.1 Å². The van der Waals surface area contributed by atoms with Crippen LogP contribution in [0.25, 0.3) is 11.0 Å². The molecule has 0 saturated heterocycles. The van der Waals surface area contributed by atoms with Crippen molar-refractivity contribution >= 4 is 34.9 Å². The molecule has 3 aromatic rings. The number of amides is 1. The van der Waals surface area contributed by atoms with E-state index in [1.807, 2.05) is 0 Å². The maximum atomic E-state index is 11.8. The first-order chi connectivity index (χ1) is 13.0. The fourth-order valence-electron chi connectivity index (χ4n) is 2.51. The third kappa shape index (κ3) is 3.95. The summed E-state index contributed by atoms with van der Waals surface area (Å²) >= 11 is 0.